The number of Topliss-reactive ketones (excluding diaryl/α,β-unsaturated/α-hetero) is 1. The maximum atomic E-state index is 13.0. The second-order valence-electron chi connectivity index (χ2n) is 7.01. The molecule has 0 saturated carbocycles. The Morgan fingerprint density at radius 3 is 2.80 bits per heavy atom. The monoisotopic (exact) mass is 342 g/mol. The quantitative estimate of drug-likeness (QED) is 0.847. The number of carboxylic acids is 1. The molecule has 0 bridgehead atoms. The highest BCUT2D eigenvalue weighted by atomic mass is 16.5. The summed E-state index contributed by atoms with van der Waals surface area (Å²) in [6.45, 7) is 4.17. The van der Waals surface area contributed by atoms with Crippen molar-refractivity contribution >= 4 is 17.8 Å². The Morgan fingerprint density at radius 1 is 1.36 bits per heavy atom. The Bertz CT molecular complexity index is 785. The van der Waals surface area contributed by atoms with Gasteiger partial charge in [-0.05, 0) is 35.6 Å². The largest absolute Gasteiger partial charge is 0.507 e. The molecule has 0 fully saturated rings. The van der Waals surface area contributed by atoms with Crippen molar-refractivity contribution in [2.45, 2.75) is 45.6 Å². The number of carbonyl (C=O) groups is 2. The van der Waals surface area contributed by atoms with E-state index in [0.717, 1.165) is 12.0 Å². The summed E-state index contributed by atoms with van der Waals surface area (Å²) >= 11 is 0. The van der Waals surface area contributed by atoms with Gasteiger partial charge in [-0.25, -0.2) is 0 Å². The molecule has 0 spiro atoms. The van der Waals surface area contributed by atoms with Crippen molar-refractivity contribution in [1.82, 2.24) is 0 Å². The third kappa shape index (κ3) is 3.45. The molecule has 5 nitrogen and oxygen atoms in total. The van der Waals surface area contributed by atoms with Gasteiger partial charge in [-0.15, -0.1) is 0 Å². The van der Waals surface area contributed by atoms with E-state index in [-0.39, 0.29) is 18.0 Å². The van der Waals surface area contributed by atoms with Crippen LogP contribution in [0.4, 0.5) is 0 Å². The topological polar surface area (TPSA) is 83.8 Å². The first kappa shape index (κ1) is 17.3. The zero-order valence-electron chi connectivity index (χ0n) is 14.4. The van der Waals surface area contributed by atoms with Crippen LogP contribution in [-0.2, 0) is 9.53 Å². The molecule has 3 rings (SSSR count). The number of benzene rings is 1. The van der Waals surface area contributed by atoms with Gasteiger partial charge < -0.3 is 14.9 Å². The van der Waals surface area contributed by atoms with Crippen LogP contribution in [0.2, 0.25) is 0 Å². The van der Waals surface area contributed by atoms with Crippen molar-refractivity contribution in [3.63, 3.8) is 0 Å². The van der Waals surface area contributed by atoms with Crippen LogP contribution in [0.5, 0.6) is 5.75 Å². The van der Waals surface area contributed by atoms with E-state index in [1.807, 2.05) is 6.08 Å². The fourth-order valence-corrected chi connectivity index (χ4v) is 3.38. The minimum absolute atomic E-state index is 0.0406. The molecule has 1 aliphatic heterocycles. The van der Waals surface area contributed by atoms with E-state index in [1.165, 1.54) is 6.07 Å². The van der Waals surface area contributed by atoms with Gasteiger partial charge in [0.1, 0.15) is 17.6 Å². The lowest BCUT2D eigenvalue weighted by atomic mass is 9.81. The number of fused-ring (bicyclic) bond motifs is 2. The van der Waals surface area contributed by atoms with Gasteiger partial charge >= 0.3 is 5.97 Å². The van der Waals surface area contributed by atoms with Gasteiger partial charge in [0, 0.05) is 12.8 Å². The van der Waals surface area contributed by atoms with Crippen LogP contribution in [0.15, 0.2) is 35.1 Å². The van der Waals surface area contributed by atoms with Crippen LogP contribution < -0.4 is 0 Å². The Morgan fingerprint density at radius 2 is 2.12 bits per heavy atom. The van der Waals surface area contributed by atoms with E-state index < -0.39 is 12.1 Å². The Hall–Kier alpha value is -2.56. The molecule has 0 amide bonds. The molecule has 2 aliphatic rings. The number of carboxylic acid groups (broad SMARTS) is 1. The maximum Gasteiger partial charge on any atom is 0.307 e. The number of rotatable bonds is 5. The number of phenols is 1. The second-order valence-corrected chi connectivity index (χ2v) is 7.01. The van der Waals surface area contributed by atoms with Crippen LogP contribution in [0.25, 0.3) is 6.08 Å². The van der Waals surface area contributed by atoms with Crippen LogP contribution in [-0.4, -0.2) is 28.1 Å². The first-order valence-corrected chi connectivity index (χ1v) is 8.56. The van der Waals surface area contributed by atoms with E-state index in [9.17, 15) is 14.7 Å². The van der Waals surface area contributed by atoms with E-state index in [2.05, 4.69) is 13.8 Å². The number of hydrogen-bond acceptors (Lipinski definition) is 4. The number of phenolic OH excluding ortho intramolecular Hbond substituents is 1. The van der Waals surface area contributed by atoms with Gasteiger partial charge in [-0.3, -0.25) is 9.59 Å². The number of aromatic hydroxyl groups is 1. The van der Waals surface area contributed by atoms with Crippen LogP contribution >= 0.6 is 0 Å². The van der Waals surface area contributed by atoms with Gasteiger partial charge in [0.2, 0.25) is 5.78 Å². The molecule has 0 aromatic heterocycles. The zero-order valence-corrected chi connectivity index (χ0v) is 14.4. The lowest BCUT2D eigenvalue weighted by Crippen LogP contribution is -2.28. The highest BCUT2D eigenvalue weighted by molar-refractivity contribution is 6.18. The minimum atomic E-state index is -0.919. The maximum absolute atomic E-state index is 13.0. The van der Waals surface area contributed by atoms with Crippen LogP contribution in [0.3, 0.4) is 0 Å². The van der Waals surface area contributed by atoms with Gasteiger partial charge in [0.15, 0.2) is 0 Å². The average Bonchev–Trinajstić information content (AvgIpc) is 2.51. The van der Waals surface area contributed by atoms with E-state index in [1.54, 1.807) is 12.1 Å². The van der Waals surface area contributed by atoms with Gasteiger partial charge in [-0.2, -0.15) is 0 Å². The number of ketones is 1. The summed E-state index contributed by atoms with van der Waals surface area (Å²) < 4.78 is 5.90. The lowest BCUT2D eigenvalue weighted by Gasteiger charge is -2.32. The average molecular weight is 342 g/mol. The van der Waals surface area contributed by atoms with Gasteiger partial charge in [-0.1, -0.05) is 26.0 Å². The van der Waals surface area contributed by atoms with E-state index in [0.29, 0.717) is 41.2 Å². The molecule has 0 radical (unpaired) electrons. The van der Waals surface area contributed by atoms with Crippen LogP contribution in [0.1, 0.15) is 55.5 Å². The normalized spacial score (nSPS) is 19.2. The number of carbonyl (C=O) groups excluding carboxylic acids is 1. The van der Waals surface area contributed by atoms with Crippen molar-refractivity contribution in [1.29, 1.82) is 0 Å². The molecule has 1 aliphatic carbocycles. The Kier molecular flexibility index (Phi) is 4.66. The Balaban J connectivity index is 2.06. The highest BCUT2D eigenvalue weighted by Crippen LogP contribution is 2.41. The molecule has 0 saturated heterocycles. The highest BCUT2D eigenvalue weighted by Gasteiger charge is 2.35. The van der Waals surface area contributed by atoms with Crippen molar-refractivity contribution < 1.29 is 24.5 Å². The number of ether oxygens (including phenoxy) is 1. The third-order valence-corrected chi connectivity index (χ3v) is 4.57. The number of hydrogen-bond donors (Lipinski definition) is 2. The summed E-state index contributed by atoms with van der Waals surface area (Å²) in [5, 5.41) is 19.2. The first-order chi connectivity index (χ1) is 11.9. The predicted molar refractivity (Wildman–Crippen MR) is 93.3 cm³/mol. The number of aliphatic carboxylic acids is 1. The summed E-state index contributed by atoms with van der Waals surface area (Å²) in [5.41, 5.74) is 2.27. The molecule has 25 heavy (non-hydrogen) atoms. The SMILES string of the molecule is CC(C)CCC1=C2C(=O)c3c(O)cccc3C=C2CC(CC(=O)O)O1. The van der Waals surface area contributed by atoms with E-state index >= 15 is 0 Å². The predicted octanol–water partition coefficient (Wildman–Crippen LogP) is 3.93. The molecule has 1 atom stereocenters. The fraction of sp³-hybridized carbons (Fsp3) is 0.400. The molecular weight excluding hydrogens is 320 g/mol. The fourth-order valence-electron chi connectivity index (χ4n) is 3.38. The summed E-state index contributed by atoms with van der Waals surface area (Å²) in [6, 6.07) is 4.98. The van der Waals surface area contributed by atoms with Gasteiger partial charge in [0.25, 0.3) is 0 Å². The zero-order chi connectivity index (χ0) is 18.1. The van der Waals surface area contributed by atoms with Crippen molar-refractivity contribution in [2.75, 3.05) is 0 Å². The van der Waals surface area contributed by atoms with Crippen molar-refractivity contribution in [2.24, 2.45) is 5.92 Å². The van der Waals surface area contributed by atoms with Crippen molar-refractivity contribution in [3.05, 3.63) is 46.2 Å². The van der Waals surface area contributed by atoms with Gasteiger partial charge in [0.05, 0.1) is 17.6 Å². The lowest BCUT2D eigenvalue weighted by molar-refractivity contribution is -0.139. The second kappa shape index (κ2) is 6.75. The molecule has 1 aromatic rings. The molecule has 1 aromatic carbocycles. The molecule has 2 N–H and O–H groups in total. The molecule has 132 valence electrons. The molecule has 1 heterocycles. The minimum Gasteiger partial charge on any atom is -0.507 e. The molecule has 5 heteroatoms. The third-order valence-electron chi connectivity index (χ3n) is 4.57. The summed E-state index contributed by atoms with van der Waals surface area (Å²) in [4.78, 5) is 24.1. The molecular formula is C20H22O5. The van der Waals surface area contributed by atoms with E-state index in [4.69, 9.17) is 9.84 Å². The smallest absolute Gasteiger partial charge is 0.307 e. The Labute approximate surface area is 146 Å². The summed E-state index contributed by atoms with van der Waals surface area (Å²) in [5.74, 6) is -0.212. The standard InChI is InChI=1S/C20H22O5/c1-11(2)6-7-16-19-13(9-14(25-16)10-17(22)23)8-12-4-3-5-15(21)18(12)20(19)24/h3-5,8,11,14,21H,6-7,9-10H2,1-2H3,(H,22,23). The van der Waals surface area contributed by atoms with Crippen LogP contribution in [0, 0.1) is 5.92 Å². The van der Waals surface area contributed by atoms with Crippen molar-refractivity contribution in [3.8, 4) is 5.75 Å². The summed E-state index contributed by atoms with van der Waals surface area (Å²) in [6.07, 6.45) is 3.10. The summed E-state index contributed by atoms with van der Waals surface area (Å²) in [7, 11) is 0. The first-order valence-electron chi connectivity index (χ1n) is 8.56. The number of allylic oxidation sites excluding steroid dienone is 2. The molecule has 1 unspecified atom stereocenters.